The van der Waals surface area contributed by atoms with Crippen LogP contribution in [-0.4, -0.2) is 59.7 Å². The zero-order valence-corrected chi connectivity index (χ0v) is 15.7. The van der Waals surface area contributed by atoms with Gasteiger partial charge in [-0.15, -0.1) is 0 Å². The standard InChI is InChI=1S/C20H26N4O3/c1-21-10-15-6-3-9-23(15)11-13-4-2-5-14-12-24(20(27)18(13)14)16-7-8-17(25)22-19(16)26/h2,4-5,15-16,21H,3,6-12H2,1H3,(H,22,25,26)/t15-,16?/m0/s1. The van der Waals surface area contributed by atoms with Gasteiger partial charge in [0.15, 0.2) is 0 Å². The summed E-state index contributed by atoms with van der Waals surface area (Å²) < 4.78 is 0. The molecular formula is C20H26N4O3. The van der Waals surface area contributed by atoms with E-state index in [1.54, 1.807) is 4.90 Å². The van der Waals surface area contributed by atoms with E-state index < -0.39 is 6.04 Å². The third-order valence-electron chi connectivity index (χ3n) is 5.95. The first-order valence-electron chi connectivity index (χ1n) is 9.72. The van der Waals surface area contributed by atoms with Crippen molar-refractivity contribution < 1.29 is 14.4 Å². The van der Waals surface area contributed by atoms with Crippen LogP contribution in [0.15, 0.2) is 18.2 Å². The minimum absolute atomic E-state index is 0.0838. The van der Waals surface area contributed by atoms with Crippen molar-refractivity contribution in [3.8, 4) is 0 Å². The summed E-state index contributed by atoms with van der Waals surface area (Å²) in [5, 5.41) is 5.62. The monoisotopic (exact) mass is 370 g/mol. The van der Waals surface area contributed by atoms with Gasteiger partial charge >= 0.3 is 0 Å². The molecule has 2 N–H and O–H groups in total. The average Bonchev–Trinajstić information content (AvgIpc) is 3.21. The molecule has 144 valence electrons. The molecule has 2 atom stereocenters. The Hall–Kier alpha value is -2.25. The van der Waals surface area contributed by atoms with Gasteiger partial charge in [-0.1, -0.05) is 18.2 Å². The molecule has 0 spiro atoms. The molecule has 3 amide bonds. The number of hydrogen-bond acceptors (Lipinski definition) is 5. The number of carbonyl (C=O) groups is 3. The molecule has 0 bridgehead atoms. The summed E-state index contributed by atoms with van der Waals surface area (Å²) in [5.41, 5.74) is 2.76. The third kappa shape index (κ3) is 3.37. The van der Waals surface area contributed by atoms with Gasteiger partial charge in [0.05, 0.1) is 0 Å². The van der Waals surface area contributed by atoms with Crippen LogP contribution >= 0.6 is 0 Å². The molecule has 0 aliphatic carbocycles. The van der Waals surface area contributed by atoms with Crippen LogP contribution in [0.5, 0.6) is 0 Å². The fourth-order valence-electron chi connectivity index (χ4n) is 4.61. The summed E-state index contributed by atoms with van der Waals surface area (Å²) in [6.45, 7) is 3.19. The largest absolute Gasteiger partial charge is 0.322 e. The number of benzene rings is 1. The molecule has 0 aromatic heterocycles. The molecule has 27 heavy (non-hydrogen) atoms. The lowest BCUT2D eigenvalue weighted by atomic mass is 10.0. The molecule has 3 heterocycles. The first kappa shape index (κ1) is 18.1. The van der Waals surface area contributed by atoms with Crippen LogP contribution in [0.25, 0.3) is 0 Å². The molecule has 1 aromatic carbocycles. The van der Waals surface area contributed by atoms with Crippen LogP contribution in [0, 0.1) is 0 Å². The average molecular weight is 370 g/mol. The normalized spacial score (nSPS) is 25.8. The minimum Gasteiger partial charge on any atom is -0.322 e. The van der Waals surface area contributed by atoms with Gasteiger partial charge in [-0.2, -0.15) is 0 Å². The second-order valence-corrected chi connectivity index (χ2v) is 7.68. The number of imide groups is 1. The van der Waals surface area contributed by atoms with E-state index in [9.17, 15) is 14.4 Å². The van der Waals surface area contributed by atoms with Crippen molar-refractivity contribution in [3.05, 3.63) is 34.9 Å². The fourth-order valence-corrected chi connectivity index (χ4v) is 4.61. The summed E-state index contributed by atoms with van der Waals surface area (Å²) in [6, 6.07) is 5.93. The first-order chi connectivity index (χ1) is 13.1. The van der Waals surface area contributed by atoms with Gasteiger partial charge in [-0.05, 0) is 44.0 Å². The van der Waals surface area contributed by atoms with E-state index >= 15 is 0 Å². The minimum atomic E-state index is -0.556. The van der Waals surface area contributed by atoms with E-state index in [-0.39, 0.29) is 24.1 Å². The van der Waals surface area contributed by atoms with E-state index in [2.05, 4.69) is 15.5 Å². The number of likely N-dealkylation sites (tertiary alicyclic amines) is 1. The lowest BCUT2D eigenvalue weighted by Gasteiger charge is -2.29. The SMILES string of the molecule is CNC[C@@H]1CCCN1Cc1cccc2c1C(=O)N(C1CCC(=O)NC1=O)C2. The van der Waals surface area contributed by atoms with Crippen LogP contribution in [-0.2, 0) is 22.7 Å². The molecule has 2 fully saturated rings. The molecular weight excluding hydrogens is 344 g/mol. The molecule has 2 saturated heterocycles. The first-order valence-corrected chi connectivity index (χ1v) is 9.72. The van der Waals surface area contributed by atoms with E-state index in [1.165, 1.54) is 12.8 Å². The van der Waals surface area contributed by atoms with Crippen molar-refractivity contribution in [2.24, 2.45) is 0 Å². The number of nitrogens with one attached hydrogen (secondary N) is 2. The highest BCUT2D eigenvalue weighted by molar-refractivity contribution is 6.05. The predicted octanol–water partition coefficient (Wildman–Crippen LogP) is 0.631. The summed E-state index contributed by atoms with van der Waals surface area (Å²) >= 11 is 0. The summed E-state index contributed by atoms with van der Waals surface area (Å²) in [4.78, 5) is 40.9. The Morgan fingerprint density at radius 1 is 1.22 bits per heavy atom. The van der Waals surface area contributed by atoms with Crippen molar-refractivity contribution >= 4 is 17.7 Å². The van der Waals surface area contributed by atoms with Crippen molar-refractivity contribution in [2.75, 3.05) is 20.1 Å². The fraction of sp³-hybridized carbons (Fsp3) is 0.550. The Bertz CT molecular complexity index is 778. The molecule has 1 aromatic rings. The van der Waals surface area contributed by atoms with Crippen LogP contribution in [0.1, 0.15) is 47.2 Å². The maximum Gasteiger partial charge on any atom is 0.255 e. The molecule has 7 nitrogen and oxygen atoms in total. The van der Waals surface area contributed by atoms with Crippen LogP contribution in [0.4, 0.5) is 0 Å². The van der Waals surface area contributed by atoms with Gasteiger partial charge in [0, 0.05) is 37.7 Å². The number of amides is 3. The Morgan fingerprint density at radius 3 is 2.85 bits per heavy atom. The molecule has 0 radical (unpaired) electrons. The molecule has 0 saturated carbocycles. The number of likely N-dealkylation sites (N-methyl/N-ethyl adjacent to an activating group) is 1. The maximum atomic E-state index is 13.2. The van der Waals surface area contributed by atoms with E-state index in [1.807, 2.05) is 25.2 Å². The van der Waals surface area contributed by atoms with E-state index in [0.29, 0.717) is 19.0 Å². The van der Waals surface area contributed by atoms with E-state index in [4.69, 9.17) is 0 Å². The highest BCUT2D eigenvalue weighted by atomic mass is 16.2. The lowest BCUT2D eigenvalue weighted by Crippen LogP contribution is -2.52. The number of carbonyl (C=O) groups excluding carboxylic acids is 3. The van der Waals surface area contributed by atoms with Gasteiger partial charge in [-0.3, -0.25) is 24.6 Å². The lowest BCUT2D eigenvalue weighted by molar-refractivity contribution is -0.136. The quantitative estimate of drug-likeness (QED) is 0.743. The molecule has 3 aliphatic rings. The maximum absolute atomic E-state index is 13.2. The van der Waals surface area contributed by atoms with Gasteiger partial charge < -0.3 is 10.2 Å². The number of rotatable bonds is 5. The van der Waals surface area contributed by atoms with Gasteiger partial charge in [0.1, 0.15) is 6.04 Å². The molecule has 7 heteroatoms. The van der Waals surface area contributed by atoms with Crippen LogP contribution in [0.2, 0.25) is 0 Å². The van der Waals surface area contributed by atoms with E-state index in [0.717, 1.165) is 36.3 Å². The van der Waals surface area contributed by atoms with Gasteiger partial charge in [0.2, 0.25) is 11.8 Å². The van der Waals surface area contributed by atoms with Crippen molar-refractivity contribution in [3.63, 3.8) is 0 Å². The molecule has 4 rings (SSSR count). The Balaban J connectivity index is 1.55. The van der Waals surface area contributed by atoms with Gasteiger partial charge in [-0.25, -0.2) is 0 Å². The Labute approximate surface area is 159 Å². The highest BCUT2D eigenvalue weighted by Crippen LogP contribution is 2.31. The summed E-state index contributed by atoms with van der Waals surface area (Å²) in [6.07, 6.45) is 3.03. The smallest absolute Gasteiger partial charge is 0.255 e. The predicted molar refractivity (Wildman–Crippen MR) is 99.8 cm³/mol. The zero-order chi connectivity index (χ0) is 19.0. The second kappa shape index (κ2) is 7.40. The summed E-state index contributed by atoms with van der Waals surface area (Å²) in [5.74, 6) is -0.701. The Morgan fingerprint density at radius 2 is 2.07 bits per heavy atom. The van der Waals surface area contributed by atoms with Crippen LogP contribution < -0.4 is 10.6 Å². The van der Waals surface area contributed by atoms with Crippen LogP contribution in [0.3, 0.4) is 0 Å². The zero-order valence-electron chi connectivity index (χ0n) is 15.7. The molecule has 3 aliphatic heterocycles. The Kier molecular flexibility index (Phi) is 4.97. The van der Waals surface area contributed by atoms with Gasteiger partial charge in [0.25, 0.3) is 5.91 Å². The number of hydrogen-bond donors (Lipinski definition) is 2. The topological polar surface area (TPSA) is 81.8 Å². The number of fused-ring (bicyclic) bond motifs is 1. The number of nitrogens with zero attached hydrogens (tertiary/aromatic N) is 2. The second-order valence-electron chi connectivity index (χ2n) is 7.68. The summed E-state index contributed by atoms with van der Waals surface area (Å²) in [7, 11) is 1.97. The molecule has 1 unspecified atom stereocenters. The van der Waals surface area contributed by atoms with Crippen molar-refractivity contribution in [2.45, 2.75) is 50.9 Å². The third-order valence-corrected chi connectivity index (χ3v) is 5.95. The van der Waals surface area contributed by atoms with Crippen molar-refractivity contribution in [1.82, 2.24) is 20.4 Å². The number of piperidine rings is 1. The highest BCUT2D eigenvalue weighted by Gasteiger charge is 2.40. The van der Waals surface area contributed by atoms with Crippen molar-refractivity contribution in [1.29, 1.82) is 0 Å².